The Labute approximate surface area is 110 Å². The minimum absolute atomic E-state index is 0.160. The fourth-order valence-corrected chi connectivity index (χ4v) is 2.52. The highest BCUT2D eigenvalue weighted by Crippen LogP contribution is 2.22. The number of sulfonamides is 1. The molecule has 0 aliphatic carbocycles. The van der Waals surface area contributed by atoms with Crippen molar-refractivity contribution in [2.24, 2.45) is 5.41 Å². The zero-order chi connectivity index (χ0) is 14.0. The molecule has 0 spiro atoms. The van der Waals surface area contributed by atoms with Crippen LogP contribution in [0.5, 0.6) is 0 Å². The van der Waals surface area contributed by atoms with Crippen molar-refractivity contribution in [2.45, 2.75) is 52.5 Å². The van der Waals surface area contributed by atoms with E-state index < -0.39 is 15.3 Å². The third kappa shape index (κ3) is 4.10. The van der Waals surface area contributed by atoms with Crippen molar-refractivity contribution in [3.05, 3.63) is 18.7 Å². The number of rotatable bonds is 5. The van der Waals surface area contributed by atoms with Gasteiger partial charge in [-0.15, -0.1) is 0 Å². The molecule has 1 rings (SSSR count). The molecule has 0 saturated heterocycles. The van der Waals surface area contributed by atoms with Gasteiger partial charge >= 0.3 is 0 Å². The Kier molecular flexibility index (Phi) is 4.55. The molecule has 1 heterocycles. The largest absolute Gasteiger partial charge is 0.336 e. The van der Waals surface area contributed by atoms with E-state index in [4.69, 9.17) is 0 Å². The molecular formula is C12H23N3O2S. The van der Waals surface area contributed by atoms with E-state index in [1.165, 1.54) is 0 Å². The van der Waals surface area contributed by atoms with Crippen LogP contribution in [0.2, 0.25) is 0 Å². The molecule has 0 aliphatic rings. The highest BCUT2D eigenvalue weighted by Gasteiger charge is 2.30. The van der Waals surface area contributed by atoms with Gasteiger partial charge in [0, 0.05) is 25.0 Å². The molecule has 0 aliphatic heterocycles. The van der Waals surface area contributed by atoms with Crippen LogP contribution >= 0.6 is 0 Å². The maximum Gasteiger partial charge on any atom is 0.214 e. The fourth-order valence-electron chi connectivity index (χ4n) is 1.43. The summed E-state index contributed by atoms with van der Waals surface area (Å²) in [5, 5.41) is -0.426. The summed E-state index contributed by atoms with van der Waals surface area (Å²) in [5.74, 6) is 0. The summed E-state index contributed by atoms with van der Waals surface area (Å²) >= 11 is 0. The second kappa shape index (κ2) is 5.40. The minimum atomic E-state index is -3.27. The summed E-state index contributed by atoms with van der Waals surface area (Å²) in [6, 6.07) is -0.168. The second-order valence-corrected chi connectivity index (χ2v) is 8.16. The Hall–Kier alpha value is -0.880. The number of nitrogens with one attached hydrogen (secondary N) is 1. The van der Waals surface area contributed by atoms with E-state index in [2.05, 4.69) is 9.71 Å². The van der Waals surface area contributed by atoms with E-state index >= 15 is 0 Å². The first kappa shape index (κ1) is 15.2. The fraction of sp³-hybridized carbons (Fsp3) is 0.750. The molecule has 0 saturated carbocycles. The van der Waals surface area contributed by atoms with Crippen LogP contribution in [-0.2, 0) is 16.6 Å². The van der Waals surface area contributed by atoms with E-state index in [-0.39, 0.29) is 11.5 Å². The zero-order valence-corrected chi connectivity index (χ0v) is 12.5. The van der Waals surface area contributed by atoms with Gasteiger partial charge in [-0.2, -0.15) is 0 Å². The molecule has 104 valence electrons. The predicted molar refractivity (Wildman–Crippen MR) is 72.7 cm³/mol. The van der Waals surface area contributed by atoms with Gasteiger partial charge in [0.1, 0.15) is 0 Å². The number of aromatic nitrogens is 2. The van der Waals surface area contributed by atoms with E-state index in [0.717, 1.165) is 0 Å². The maximum atomic E-state index is 12.0. The van der Waals surface area contributed by atoms with E-state index in [1.807, 2.05) is 31.5 Å². The van der Waals surface area contributed by atoms with E-state index in [1.54, 1.807) is 26.4 Å². The third-order valence-corrected chi connectivity index (χ3v) is 4.78. The number of imidazole rings is 1. The van der Waals surface area contributed by atoms with Crippen LogP contribution in [0.3, 0.4) is 0 Å². The highest BCUT2D eigenvalue weighted by atomic mass is 32.2. The lowest BCUT2D eigenvalue weighted by molar-refractivity contribution is 0.270. The SMILES string of the molecule is CC(C)S(=O)(=O)NC(Cn1ccnc1)C(C)(C)C. The molecule has 0 bridgehead atoms. The van der Waals surface area contributed by atoms with Gasteiger partial charge in [0.25, 0.3) is 0 Å². The molecule has 1 aromatic heterocycles. The van der Waals surface area contributed by atoms with Gasteiger partial charge in [0.15, 0.2) is 0 Å². The zero-order valence-electron chi connectivity index (χ0n) is 11.7. The summed E-state index contributed by atoms with van der Waals surface area (Å²) < 4.78 is 28.6. The molecule has 5 nitrogen and oxygen atoms in total. The van der Waals surface area contributed by atoms with Crippen LogP contribution < -0.4 is 4.72 Å². The monoisotopic (exact) mass is 273 g/mol. The first-order valence-electron chi connectivity index (χ1n) is 6.10. The van der Waals surface area contributed by atoms with Gasteiger partial charge in [-0.25, -0.2) is 18.1 Å². The summed E-state index contributed by atoms with van der Waals surface area (Å²) in [5.41, 5.74) is -0.160. The van der Waals surface area contributed by atoms with Gasteiger partial charge in [-0.1, -0.05) is 20.8 Å². The molecule has 1 N–H and O–H groups in total. The Morgan fingerprint density at radius 3 is 2.33 bits per heavy atom. The normalized spacial score (nSPS) is 15.0. The Bertz CT molecular complexity index is 458. The van der Waals surface area contributed by atoms with Crippen molar-refractivity contribution < 1.29 is 8.42 Å². The van der Waals surface area contributed by atoms with Crippen LogP contribution in [0, 0.1) is 5.41 Å². The Morgan fingerprint density at radius 2 is 1.94 bits per heavy atom. The average Bonchev–Trinajstić information content (AvgIpc) is 2.67. The molecular weight excluding hydrogens is 250 g/mol. The van der Waals surface area contributed by atoms with Crippen LogP contribution in [0.4, 0.5) is 0 Å². The van der Waals surface area contributed by atoms with E-state index in [9.17, 15) is 8.42 Å². The first-order valence-corrected chi connectivity index (χ1v) is 7.64. The van der Waals surface area contributed by atoms with E-state index in [0.29, 0.717) is 6.54 Å². The topological polar surface area (TPSA) is 64.0 Å². The predicted octanol–water partition coefficient (Wildman–Crippen LogP) is 1.63. The number of hydrogen-bond acceptors (Lipinski definition) is 3. The van der Waals surface area contributed by atoms with Gasteiger partial charge in [-0.3, -0.25) is 0 Å². The summed E-state index contributed by atoms with van der Waals surface area (Å²) in [7, 11) is -3.27. The van der Waals surface area contributed by atoms with Crippen LogP contribution in [0.15, 0.2) is 18.7 Å². The second-order valence-electron chi connectivity index (χ2n) is 5.89. The molecule has 0 aromatic carbocycles. The molecule has 0 amide bonds. The van der Waals surface area contributed by atoms with Crippen molar-refractivity contribution >= 4 is 10.0 Å². The van der Waals surface area contributed by atoms with Gasteiger partial charge in [-0.05, 0) is 19.3 Å². The molecule has 18 heavy (non-hydrogen) atoms. The maximum absolute atomic E-state index is 12.0. The lowest BCUT2D eigenvalue weighted by atomic mass is 9.87. The molecule has 1 unspecified atom stereocenters. The lowest BCUT2D eigenvalue weighted by Gasteiger charge is -2.32. The van der Waals surface area contributed by atoms with Gasteiger partial charge in [0.05, 0.1) is 11.6 Å². The van der Waals surface area contributed by atoms with Crippen molar-refractivity contribution in [2.75, 3.05) is 0 Å². The summed E-state index contributed by atoms with van der Waals surface area (Å²) in [4.78, 5) is 3.97. The van der Waals surface area contributed by atoms with Crippen molar-refractivity contribution in [3.8, 4) is 0 Å². The summed E-state index contributed by atoms with van der Waals surface area (Å²) in [6.07, 6.45) is 5.22. The smallest absolute Gasteiger partial charge is 0.214 e. The van der Waals surface area contributed by atoms with Crippen LogP contribution in [0.25, 0.3) is 0 Å². The molecule has 0 radical (unpaired) electrons. The lowest BCUT2D eigenvalue weighted by Crippen LogP contribution is -2.48. The number of nitrogens with zero attached hydrogens (tertiary/aromatic N) is 2. The molecule has 0 fully saturated rings. The minimum Gasteiger partial charge on any atom is -0.336 e. The van der Waals surface area contributed by atoms with Crippen molar-refractivity contribution in [3.63, 3.8) is 0 Å². The standard InChI is InChI=1S/C12H23N3O2S/c1-10(2)18(16,17)14-11(12(3,4)5)8-15-7-6-13-9-15/h6-7,9-11,14H,8H2,1-5H3. The molecule has 1 aromatic rings. The van der Waals surface area contributed by atoms with Gasteiger partial charge in [0.2, 0.25) is 10.0 Å². The third-order valence-electron chi connectivity index (χ3n) is 2.93. The molecule has 6 heteroatoms. The highest BCUT2D eigenvalue weighted by molar-refractivity contribution is 7.90. The van der Waals surface area contributed by atoms with Crippen LogP contribution in [0.1, 0.15) is 34.6 Å². The Morgan fingerprint density at radius 1 is 1.33 bits per heavy atom. The first-order chi connectivity index (χ1) is 8.13. The Balaban J connectivity index is 2.87. The van der Waals surface area contributed by atoms with Crippen molar-refractivity contribution in [1.29, 1.82) is 0 Å². The molecule has 1 atom stereocenters. The quantitative estimate of drug-likeness (QED) is 0.886. The average molecular weight is 273 g/mol. The summed E-state index contributed by atoms with van der Waals surface area (Å²) in [6.45, 7) is 10.0. The van der Waals surface area contributed by atoms with Crippen LogP contribution in [-0.4, -0.2) is 29.3 Å². The number of hydrogen-bond donors (Lipinski definition) is 1. The van der Waals surface area contributed by atoms with Crippen molar-refractivity contribution in [1.82, 2.24) is 14.3 Å². The van der Waals surface area contributed by atoms with Gasteiger partial charge < -0.3 is 4.57 Å².